The van der Waals surface area contributed by atoms with Gasteiger partial charge in [0.05, 0.1) is 31.5 Å². The van der Waals surface area contributed by atoms with Crippen molar-refractivity contribution in [1.29, 1.82) is 0 Å². The van der Waals surface area contributed by atoms with Gasteiger partial charge >= 0.3 is 6.03 Å². The zero-order chi connectivity index (χ0) is 16.5. The van der Waals surface area contributed by atoms with Gasteiger partial charge in [-0.25, -0.2) is 9.48 Å². The Balaban J connectivity index is 1.48. The van der Waals surface area contributed by atoms with Gasteiger partial charge in [-0.05, 0) is 31.7 Å². The first-order valence-corrected chi connectivity index (χ1v) is 8.94. The molecule has 1 aromatic heterocycles. The van der Waals surface area contributed by atoms with Crippen molar-refractivity contribution in [3.8, 4) is 0 Å². The number of morpholine rings is 1. The molecule has 0 radical (unpaired) electrons. The lowest BCUT2D eigenvalue weighted by atomic mass is 10.2. The zero-order valence-corrected chi connectivity index (χ0v) is 13.9. The van der Waals surface area contributed by atoms with E-state index in [0.29, 0.717) is 38.8 Å². The van der Waals surface area contributed by atoms with Gasteiger partial charge in [-0.2, -0.15) is 5.10 Å². The van der Waals surface area contributed by atoms with Crippen LogP contribution in [-0.2, 0) is 11.3 Å². The molecule has 2 saturated heterocycles. The molecule has 4 rings (SSSR count). The number of nitrogens with zero attached hydrogens (tertiary/aromatic N) is 4. The molecule has 0 N–H and O–H groups in total. The van der Waals surface area contributed by atoms with Crippen LogP contribution in [0, 0.1) is 0 Å². The number of carbonyl (C=O) groups excluding carboxylic acids is 1. The lowest BCUT2D eigenvalue weighted by molar-refractivity contribution is 0.0414. The van der Waals surface area contributed by atoms with Gasteiger partial charge in [-0.15, -0.1) is 0 Å². The van der Waals surface area contributed by atoms with E-state index in [2.05, 4.69) is 5.10 Å². The van der Waals surface area contributed by atoms with Crippen molar-refractivity contribution < 1.29 is 9.53 Å². The molecule has 0 aromatic carbocycles. The maximum atomic E-state index is 12.8. The van der Waals surface area contributed by atoms with Gasteiger partial charge in [0.1, 0.15) is 0 Å². The predicted molar refractivity (Wildman–Crippen MR) is 88.0 cm³/mol. The fourth-order valence-corrected chi connectivity index (χ4v) is 3.61. The van der Waals surface area contributed by atoms with E-state index in [1.165, 1.54) is 0 Å². The second-order valence-corrected chi connectivity index (χ2v) is 6.92. The lowest BCUT2D eigenvalue weighted by Gasteiger charge is -2.33. The summed E-state index contributed by atoms with van der Waals surface area (Å²) in [5.74, 6) is 0.520. The van der Waals surface area contributed by atoms with Crippen LogP contribution in [0.15, 0.2) is 16.9 Å². The molecule has 3 fully saturated rings. The normalized spacial score (nSPS) is 24.4. The van der Waals surface area contributed by atoms with Gasteiger partial charge in [-0.3, -0.25) is 4.79 Å². The summed E-state index contributed by atoms with van der Waals surface area (Å²) in [5.41, 5.74) is 0.934. The Morgan fingerprint density at radius 3 is 2.71 bits per heavy atom. The molecule has 1 unspecified atom stereocenters. The second-order valence-electron chi connectivity index (χ2n) is 6.92. The van der Waals surface area contributed by atoms with Crippen molar-refractivity contribution in [2.45, 2.75) is 44.2 Å². The fourth-order valence-electron chi connectivity index (χ4n) is 3.61. The number of amides is 2. The summed E-state index contributed by atoms with van der Waals surface area (Å²) < 4.78 is 6.88. The Morgan fingerprint density at radius 1 is 1.17 bits per heavy atom. The van der Waals surface area contributed by atoms with Crippen LogP contribution in [-0.4, -0.2) is 64.5 Å². The summed E-state index contributed by atoms with van der Waals surface area (Å²) in [4.78, 5) is 28.7. The van der Waals surface area contributed by atoms with Crippen LogP contribution in [0.1, 0.15) is 37.3 Å². The van der Waals surface area contributed by atoms with E-state index in [1.807, 2.05) is 15.9 Å². The minimum absolute atomic E-state index is 0.0556. The van der Waals surface area contributed by atoms with Crippen molar-refractivity contribution >= 4 is 6.03 Å². The van der Waals surface area contributed by atoms with Gasteiger partial charge in [0, 0.05) is 31.6 Å². The average molecular weight is 332 g/mol. The number of urea groups is 1. The van der Waals surface area contributed by atoms with Crippen LogP contribution in [0.3, 0.4) is 0 Å². The van der Waals surface area contributed by atoms with E-state index < -0.39 is 0 Å². The standard InChI is InChI=1S/C17H24N4O3/c22-16-6-5-15(13-3-4-13)18-21(16)12-14-2-1-7-20(14)17(23)19-8-10-24-11-9-19/h5-6,13-14H,1-4,7-12H2. The third-order valence-corrected chi connectivity index (χ3v) is 5.17. The molecule has 2 amide bonds. The monoisotopic (exact) mass is 332 g/mol. The molecule has 3 heterocycles. The zero-order valence-electron chi connectivity index (χ0n) is 13.9. The van der Waals surface area contributed by atoms with Crippen molar-refractivity contribution in [3.63, 3.8) is 0 Å². The van der Waals surface area contributed by atoms with Crippen LogP contribution in [0.2, 0.25) is 0 Å². The highest BCUT2D eigenvalue weighted by molar-refractivity contribution is 5.75. The summed E-state index contributed by atoms with van der Waals surface area (Å²) in [6, 6.07) is 3.60. The molecule has 3 aliphatic rings. The number of hydrogen-bond donors (Lipinski definition) is 0. The van der Waals surface area contributed by atoms with E-state index in [-0.39, 0.29) is 17.6 Å². The minimum atomic E-state index is -0.0786. The van der Waals surface area contributed by atoms with E-state index in [0.717, 1.165) is 37.9 Å². The highest BCUT2D eigenvalue weighted by atomic mass is 16.5. The van der Waals surface area contributed by atoms with Gasteiger partial charge in [0.25, 0.3) is 5.56 Å². The second kappa shape index (κ2) is 6.55. The van der Waals surface area contributed by atoms with Crippen LogP contribution < -0.4 is 5.56 Å². The Morgan fingerprint density at radius 2 is 1.96 bits per heavy atom. The Kier molecular flexibility index (Phi) is 4.26. The number of carbonyl (C=O) groups is 1. The first-order valence-electron chi connectivity index (χ1n) is 8.94. The highest BCUT2D eigenvalue weighted by Crippen LogP contribution is 2.38. The summed E-state index contributed by atoms with van der Waals surface area (Å²) in [7, 11) is 0. The summed E-state index contributed by atoms with van der Waals surface area (Å²) in [6.45, 7) is 3.77. The molecule has 1 aromatic rings. The lowest BCUT2D eigenvalue weighted by Crippen LogP contribution is -2.50. The Hall–Kier alpha value is -1.89. The number of likely N-dealkylation sites (tertiary alicyclic amines) is 1. The summed E-state index contributed by atoms with van der Waals surface area (Å²) >= 11 is 0. The van der Waals surface area contributed by atoms with Crippen LogP contribution in [0.25, 0.3) is 0 Å². The molecule has 0 spiro atoms. The quantitative estimate of drug-likeness (QED) is 0.829. The van der Waals surface area contributed by atoms with E-state index in [9.17, 15) is 9.59 Å². The van der Waals surface area contributed by atoms with E-state index in [4.69, 9.17) is 4.74 Å². The van der Waals surface area contributed by atoms with Crippen LogP contribution in [0.4, 0.5) is 4.79 Å². The van der Waals surface area contributed by atoms with E-state index in [1.54, 1.807) is 10.7 Å². The molecule has 1 atom stereocenters. The van der Waals surface area contributed by atoms with Gasteiger partial charge in [-0.1, -0.05) is 0 Å². The number of hydrogen-bond acceptors (Lipinski definition) is 4. The fraction of sp³-hybridized carbons (Fsp3) is 0.706. The van der Waals surface area contributed by atoms with E-state index >= 15 is 0 Å². The van der Waals surface area contributed by atoms with Crippen LogP contribution >= 0.6 is 0 Å². The molecule has 7 heteroatoms. The van der Waals surface area contributed by atoms with Crippen LogP contribution in [0.5, 0.6) is 0 Å². The maximum Gasteiger partial charge on any atom is 0.320 e. The van der Waals surface area contributed by atoms with Crippen molar-refractivity contribution in [2.75, 3.05) is 32.8 Å². The molecule has 2 aliphatic heterocycles. The maximum absolute atomic E-state index is 12.8. The minimum Gasteiger partial charge on any atom is -0.378 e. The molecule has 0 bridgehead atoms. The molecule has 130 valence electrons. The molecule has 24 heavy (non-hydrogen) atoms. The predicted octanol–water partition coefficient (Wildman–Crippen LogP) is 1.04. The molecule has 1 aliphatic carbocycles. The first kappa shape index (κ1) is 15.6. The molecular formula is C17H24N4O3. The topological polar surface area (TPSA) is 67.7 Å². The van der Waals surface area contributed by atoms with Gasteiger partial charge in [0.15, 0.2) is 0 Å². The van der Waals surface area contributed by atoms with Crippen molar-refractivity contribution in [2.24, 2.45) is 0 Å². The SMILES string of the molecule is O=C(N1CCOCC1)N1CCCC1Cn1nc(C2CC2)ccc1=O. The smallest absolute Gasteiger partial charge is 0.320 e. The molecule has 1 saturated carbocycles. The Bertz CT molecular complexity index is 664. The summed E-state index contributed by atoms with van der Waals surface area (Å²) in [5, 5.41) is 4.54. The van der Waals surface area contributed by atoms with Crippen molar-refractivity contribution in [1.82, 2.24) is 19.6 Å². The number of rotatable bonds is 3. The molecule has 7 nitrogen and oxygen atoms in total. The number of aromatic nitrogens is 2. The average Bonchev–Trinajstić information content (AvgIpc) is 3.36. The molecular weight excluding hydrogens is 308 g/mol. The third-order valence-electron chi connectivity index (χ3n) is 5.17. The van der Waals surface area contributed by atoms with Gasteiger partial charge in [0.2, 0.25) is 0 Å². The van der Waals surface area contributed by atoms with Gasteiger partial charge < -0.3 is 14.5 Å². The summed E-state index contributed by atoms with van der Waals surface area (Å²) in [6.07, 6.45) is 4.24. The number of ether oxygens (including phenoxy) is 1. The first-order chi connectivity index (χ1) is 11.7. The Labute approximate surface area is 141 Å². The third kappa shape index (κ3) is 3.17. The largest absolute Gasteiger partial charge is 0.378 e. The van der Waals surface area contributed by atoms with Crippen molar-refractivity contribution in [3.05, 3.63) is 28.2 Å². The highest BCUT2D eigenvalue weighted by Gasteiger charge is 2.33.